The van der Waals surface area contributed by atoms with E-state index in [-0.39, 0.29) is 42.1 Å². The first-order chi connectivity index (χ1) is 12.1. The zero-order chi connectivity index (χ0) is 19.5. The number of alkyl halides is 3. The summed E-state index contributed by atoms with van der Waals surface area (Å²) in [6.07, 6.45) is -3.04. The summed E-state index contributed by atoms with van der Waals surface area (Å²) in [6.45, 7) is 1.46. The molecule has 0 saturated heterocycles. The second-order valence-corrected chi connectivity index (χ2v) is 5.83. The molecule has 0 radical (unpaired) electrons. The molecular formula is C18H14ClF3LiNO3. The first kappa shape index (κ1) is 22.8. The van der Waals surface area contributed by atoms with Gasteiger partial charge in [0.05, 0.1) is 16.8 Å². The topological polar surface area (TPSA) is 66.4 Å². The number of carboxylic acid groups (broad SMARTS) is 1. The number of amides is 1. The van der Waals surface area contributed by atoms with Gasteiger partial charge >= 0.3 is 31.0 Å². The molecule has 4 nitrogen and oxygen atoms in total. The molecule has 0 spiro atoms. The molecule has 0 aliphatic rings. The van der Waals surface area contributed by atoms with Crippen LogP contribution in [0, 0.1) is 0 Å². The number of hydrogen-bond donors (Lipinski definition) is 2. The Labute approximate surface area is 171 Å². The minimum absolute atomic E-state index is 0. The Kier molecular flexibility index (Phi) is 7.73. The molecule has 2 aromatic rings. The van der Waals surface area contributed by atoms with Crippen molar-refractivity contribution >= 4 is 35.2 Å². The number of hydrogen-bond acceptors (Lipinski definition) is 2. The molecule has 27 heavy (non-hydrogen) atoms. The quantitative estimate of drug-likeness (QED) is 0.620. The van der Waals surface area contributed by atoms with Crippen molar-refractivity contribution in [1.29, 1.82) is 0 Å². The Morgan fingerprint density at radius 1 is 1.15 bits per heavy atom. The van der Waals surface area contributed by atoms with Gasteiger partial charge < -0.3 is 11.8 Å². The SMILES string of the molecule is C/C(=C\c1ccc(C(F)(F)F)cc1)C(=O)Nc1ccc(Cl)cc1C(=O)O.[H-].[Li+]. The van der Waals surface area contributed by atoms with Gasteiger partial charge in [0, 0.05) is 10.6 Å². The predicted molar refractivity (Wildman–Crippen MR) is 93.2 cm³/mol. The third-order valence-corrected chi connectivity index (χ3v) is 3.67. The number of benzene rings is 2. The van der Waals surface area contributed by atoms with Crippen molar-refractivity contribution in [3.63, 3.8) is 0 Å². The van der Waals surface area contributed by atoms with Gasteiger partial charge in [0.25, 0.3) is 5.91 Å². The van der Waals surface area contributed by atoms with E-state index in [9.17, 15) is 22.8 Å². The molecule has 0 bridgehead atoms. The standard InChI is InChI=1S/C18H13ClF3NO3.Li.H/c1-10(8-11-2-4-12(5-3-11)18(20,21)22)16(24)23-15-7-6-13(19)9-14(15)17(25)26;;/h2-9H,1H3,(H,23,24)(H,25,26);;/q;+1;-1/b10-8+;;. The number of nitrogens with one attached hydrogen (secondary N) is 1. The summed E-state index contributed by atoms with van der Waals surface area (Å²) >= 11 is 5.74. The molecule has 0 aromatic heterocycles. The van der Waals surface area contributed by atoms with Crippen molar-refractivity contribution < 1.29 is 48.2 Å². The van der Waals surface area contributed by atoms with Crippen molar-refractivity contribution in [1.82, 2.24) is 0 Å². The Balaban J connectivity index is 0.00000364. The van der Waals surface area contributed by atoms with Crippen LogP contribution in [0.1, 0.15) is 29.8 Å². The Bertz CT molecular complexity index is 887. The Morgan fingerprint density at radius 3 is 2.26 bits per heavy atom. The van der Waals surface area contributed by atoms with E-state index >= 15 is 0 Å². The van der Waals surface area contributed by atoms with Crippen LogP contribution in [-0.4, -0.2) is 17.0 Å². The van der Waals surface area contributed by atoms with E-state index in [0.717, 1.165) is 12.1 Å². The largest absolute Gasteiger partial charge is 1.00 e. The number of aromatic carboxylic acids is 1. The summed E-state index contributed by atoms with van der Waals surface area (Å²) in [6, 6.07) is 8.30. The molecule has 2 N–H and O–H groups in total. The maximum atomic E-state index is 12.5. The third-order valence-electron chi connectivity index (χ3n) is 3.44. The van der Waals surface area contributed by atoms with Crippen molar-refractivity contribution in [3.05, 3.63) is 69.8 Å². The van der Waals surface area contributed by atoms with Gasteiger partial charge in [-0.05, 0) is 48.9 Å². The number of carboxylic acids is 1. The molecule has 0 heterocycles. The molecule has 0 aliphatic carbocycles. The Hall–Kier alpha value is -2.20. The molecule has 2 aromatic carbocycles. The second-order valence-electron chi connectivity index (χ2n) is 5.40. The van der Waals surface area contributed by atoms with Crippen molar-refractivity contribution in [3.8, 4) is 0 Å². The number of carbonyl (C=O) groups is 2. The van der Waals surface area contributed by atoms with Crippen LogP contribution in [0.2, 0.25) is 5.02 Å². The van der Waals surface area contributed by atoms with Crippen LogP contribution in [-0.2, 0) is 11.0 Å². The van der Waals surface area contributed by atoms with Gasteiger partial charge in [0.2, 0.25) is 0 Å². The fraction of sp³-hybridized carbons (Fsp3) is 0.111. The van der Waals surface area contributed by atoms with Crippen LogP contribution in [0.25, 0.3) is 6.08 Å². The fourth-order valence-electron chi connectivity index (χ4n) is 2.11. The zero-order valence-electron chi connectivity index (χ0n) is 15.4. The van der Waals surface area contributed by atoms with Crippen LogP contribution in [0.3, 0.4) is 0 Å². The van der Waals surface area contributed by atoms with E-state index in [4.69, 9.17) is 16.7 Å². The second kappa shape index (κ2) is 9.13. The monoisotopic (exact) mass is 391 g/mol. The van der Waals surface area contributed by atoms with Crippen LogP contribution in [0.15, 0.2) is 48.0 Å². The van der Waals surface area contributed by atoms with Gasteiger partial charge in [-0.3, -0.25) is 4.79 Å². The van der Waals surface area contributed by atoms with Gasteiger partial charge in [0.15, 0.2) is 0 Å². The average molecular weight is 392 g/mol. The molecule has 0 fully saturated rings. The van der Waals surface area contributed by atoms with Crippen molar-refractivity contribution in [2.45, 2.75) is 13.1 Å². The van der Waals surface area contributed by atoms with E-state index in [1.807, 2.05) is 0 Å². The van der Waals surface area contributed by atoms with Gasteiger partial charge in [-0.2, -0.15) is 13.2 Å². The number of anilines is 1. The number of halogens is 4. The smallest absolute Gasteiger partial charge is 1.00 e. The van der Waals surface area contributed by atoms with E-state index in [2.05, 4.69) is 5.32 Å². The van der Waals surface area contributed by atoms with Gasteiger partial charge in [0.1, 0.15) is 0 Å². The fourth-order valence-corrected chi connectivity index (χ4v) is 2.28. The van der Waals surface area contributed by atoms with Crippen LogP contribution in [0.4, 0.5) is 18.9 Å². The molecule has 9 heteroatoms. The molecule has 0 aliphatic heterocycles. The minimum atomic E-state index is -4.43. The average Bonchev–Trinajstić information content (AvgIpc) is 2.55. The first-order valence-electron chi connectivity index (χ1n) is 7.27. The summed E-state index contributed by atoms with van der Waals surface area (Å²) in [5.74, 6) is -1.85. The summed E-state index contributed by atoms with van der Waals surface area (Å²) in [5.41, 5.74) is -0.305. The number of carbonyl (C=O) groups excluding carboxylic acids is 1. The predicted octanol–water partition coefficient (Wildman–Crippen LogP) is 2.22. The molecule has 0 unspecified atom stereocenters. The number of rotatable bonds is 4. The summed E-state index contributed by atoms with van der Waals surface area (Å²) in [5, 5.41) is 11.8. The van der Waals surface area contributed by atoms with E-state index in [1.165, 1.54) is 43.3 Å². The maximum absolute atomic E-state index is 12.5. The van der Waals surface area contributed by atoms with Crippen LogP contribution < -0.4 is 24.2 Å². The molecule has 0 atom stereocenters. The molecule has 138 valence electrons. The van der Waals surface area contributed by atoms with Gasteiger partial charge in [-0.15, -0.1) is 0 Å². The van der Waals surface area contributed by atoms with E-state index < -0.39 is 23.6 Å². The van der Waals surface area contributed by atoms with E-state index in [1.54, 1.807) is 0 Å². The summed E-state index contributed by atoms with van der Waals surface area (Å²) < 4.78 is 37.6. The van der Waals surface area contributed by atoms with Gasteiger partial charge in [-0.25, -0.2) is 4.79 Å². The zero-order valence-corrected chi connectivity index (χ0v) is 15.2. The first-order valence-corrected chi connectivity index (χ1v) is 7.65. The van der Waals surface area contributed by atoms with E-state index in [0.29, 0.717) is 5.56 Å². The summed E-state index contributed by atoms with van der Waals surface area (Å²) in [7, 11) is 0. The molecule has 1 amide bonds. The maximum Gasteiger partial charge on any atom is 1.00 e. The minimum Gasteiger partial charge on any atom is -1.00 e. The Morgan fingerprint density at radius 2 is 1.74 bits per heavy atom. The van der Waals surface area contributed by atoms with Gasteiger partial charge in [-0.1, -0.05) is 23.7 Å². The molecule has 0 saturated carbocycles. The molecular weight excluding hydrogens is 378 g/mol. The third kappa shape index (κ3) is 6.17. The van der Waals surface area contributed by atoms with Crippen molar-refractivity contribution in [2.75, 3.05) is 5.32 Å². The molecule has 2 rings (SSSR count). The summed E-state index contributed by atoms with van der Waals surface area (Å²) in [4.78, 5) is 23.4. The normalized spacial score (nSPS) is 11.5. The van der Waals surface area contributed by atoms with Crippen LogP contribution in [0.5, 0.6) is 0 Å². The van der Waals surface area contributed by atoms with Crippen LogP contribution >= 0.6 is 11.6 Å². The van der Waals surface area contributed by atoms with Crippen molar-refractivity contribution in [2.24, 2.45) is 0 Å².